The Morgan fingerprint density at radius 2 is 2.06 bits per heavy atom. The van der Waals surface area contributed by atoms with Gasteiger partial charge in [0, 0.05) is 16.9 Å². The van der Waals surface area contributed by atoms with E-state index in [-0.39, 0.29) is 30.0 Å². The molecule has 1 fully saturated rings. The molecule has 1 aliphatic rings. The number of hydrogen-bond acceptors (Lipinski definition) is 3. The molecule has 1 saturated heterocycles. The predicted molar refractivity (Wildman–Crippen MR) is 126 cm³/mol. The number of unbranched alkanes of at least 4 members (excludes halogenated alkanes) is 1. The predicted octanol–water partition coefficient (Wildman–Crippen LogP) is 5.89. The second-order valence-corrected chi connectivity index (χ2v) is 8.30. The minimum Gasteiger partial charge on any atom is -0.308 e. The van der Waals surface area contributed by atoms with E-state index in [1.54, 1.807) is 18.2 Å². The van der Waals surface area contributed by atoms with E-state index >= 15 is 0 Å². The zero-order valence-corrected chi connectivity index (χ0v) is 19.0. The lowest BCUT2D eigenvalue weighted by Gasteiger charge is -2.31. The minimum absolute atomic E-state index is 0. The number of amides is 1. The fraction of sp³-hybridized carbons (Fsp3) is 0.391. The summed E-state index contributed by atoms with van der Waals surface area (Å²) < 4.78 is 14.3. The molecule has 0 radical (unpaired) electrons. The number of benzene rings is 2. The highest BCUT2D eigenvalue weighted by molar-refractivity contribution is 6.33. The van der Waals surface area contributed by atoms with Crippen molar-refractivity contribution in [1.29, 1.82) is 0 Å². The van der Waals surface area contributed by atoms with Crippen molar-refractivity contribution >= 4 is 46.6 Å². The van der Waals surface area contributed by atoms with Crippen molar-refractivity contribution in [1.82, 2.24) is 15.1 Å². The fourth-order valence-electron chi connectivity index (χ4n) is 4.06. The molecule has 3 aromatic rings. The first-order chi connectivity index (χ1) is 14.6. The number of likely N-dealkylation sites (tertiary alicyclic amines) is 1. The summed E-state index contributed by atoms with van der Waals surface area (Å²) in [5.74, 6) is 0.0650. The first kappa shape index (κ1) is 23.5. The lowest BCUT2D eigenvalue weighted by atomic mass is 9.95. The molecule has 2 N–H and O–H groups in total. The van der Waals surface area contributed by atoms with Gasteiger partial charge < -0.3 is 10.2 Å². The van der Waals surface area contributed by atoms with E-state index in [0.717, 1.165) is 43.4 Å². The maximum absolute atomic E-state index is 14.3. The topological polar surface area (TPSA) is 61.0 Å². The highest BCUT2D eigenvalue weighted by Gasteiger charge is 2.25. The molecule has 0 spiro atoms. The van der Waals surface area contributed by atoms with Crippen LogP contribution < -0.4 is 5.32 Å². The molecule has 1 aliphatic heterocycles. The van der Waals surface area contributed by atoms with Crippen LogP contribution in [0.3, 0.4) is 0 Å². The number of aromatic nitrogens is 2. The molecular formula is C23H27Cl2FN4O. The van der Waals surface area contributed by atoms with E-state index in [4.69, 9.17) is 11.6 Å². The van der Waals surface area contributed by atoms with Gasteiger partial charge in [-0.1, -0.05) is 37.1 Å². The van der Waals surface area contributed by atoms with E-state index in [9.17, 15) is 9.18 Å². The maximum atomic E-state index is 14.3. The van der Waals surface area contributed by atoms with Crippen LogP contribution in [-0.4, -0.2) is 40.6 Å². The molecule has 0 unspecified atom stereocenters. The quantitative estimate of drug-likeness (QED) is 0.477. The summed E-state index contributed by atoms with van der Waals surface area (Å²) in [5, 5.41) is 11.3. The van der Waals surface area contributed by atoms with Gasteiger partial charge in [0.05, 0.1) is 10.5 Å². The van der Waals surface area contributed by atoms with Crippen molar-refractivity contribution in [3.63, 3.8) is 0 Å². The monoisotopic (exact) mass is 464 g/mol. The third-order valence-electron chi connectivity index (χ3n) is 5.84. The van der Waals surface area contributed by atoms with Gasteiger partial charge in [0.15, 0.2) is 5.82 Å². The molecule has 0 bridgehead atoms. The smallest absolute Gasteiger partial charge is 0.228 e. The lowest BCUT2D eigenvalue weighted by Crippen LogP contribution is -2.38. The molecule has 0 atom stereocenters. The summed E-state index contributed by atoms with van der Waals surface area (Å²) in [6, 6.07) is 10.1. The summed E-state index contributed by atoms with van der Waals surface area (Å²) in [7, 11) is 0. The van der Waals surface area contributed by atoms with Crippen LogP contribution in [0, 0.1) is 11.7 Å². The number of nitrogens with one attached hydrogen (secondary N) is 2. The Kier molecular flexibility index (Phi) is 7.92. The molecule has 0 saturated carbocycles. The summed E-state index contributed by atoms with van der Waals surface area (Å²) in [5.41, 5.74) is 1.77. The Balaban J connectivity index is 0.00000272. The Morgan fingerprint density at radius 3 is 2.77 bits per heavy atom. The average Bonchev–Trinajstić information content (AvgIpc) is 3.14. The van der Waals surface area contributed by atoms with E-state index in [1.807, 2.05) is 12.1 Å². The van der Waals surface area contributed by atoms with Crippen LogP contribution >= 0.6 is 24.0 Å². The third kappa shape index (κ3) is 5.20. The van der Waals surface area contributed by atoms with Crippen LogP contribution in [0.4, 0.5) is 10.2 Å². The third-order valence-corrected chi connectivity index (χ3v) is 6.16. The van der Waals surface area contributed by atoms with Gasteiger partial charge in [0.25, 0.3) is 0 Å². The van der Waals surface area contributed by atoms with Gasteiger partial charge in [0.1, 0.15) is 5.82 Å². The van der Waals surface area contributed by atoms with Crippen LogP contribution in [0.1, 0.15) is 32.6 Å². The number of hydrogen-bond donors (Lipinski definition) is 2. The van der Waals surface area contributed by atoms with E-state index in [1.165, 1.54) is 18.9 Å². The lowest BCUT2D eigenvalue weighted by molar-refractivity contribution is -0.121. The van der Waals surface area contributed by atoms with Gasteiger partial charge in [-0.25, -0.2) is 4.39 Å². The maximum Gasteiger partial charge on any atom is 0.228 e. The average molecular weight is 465 g/mol. The number of aromatic amines is 1. The normalized spacial score (nSPS) is 15.1. The summed E-state index contributed by atoms with van der Waals surface area (Å²) >= 11 is 6.22. The Bertz CT molecular complexity index is 1030. The van der Waals surface area contributed by atoms with Crippen LogP contribution in [0.25, 0.3) is 22.0 Å². The molecular weight excluding hydrogens is 438 g/mol. The van der Waals surface area contributed by atoms with Gasteiger partial charge in [0.2, 0.25) is 5.91 Å². The molecule has 1 aromatic heterocycles. The van der Waals surface area contributed by atoms with Crippen LogP contribution in [0.5, 0.6) is 0 Å². The standard InChI is InChI=1S/C23H26ClFN4O.ClH/c1-2-3-11-29-12-9-15(10-13-29)23(30)26-22-17-14-16(7-8-20(17)27-28-22)21-18(24)5-4-6-19(21)25;/h4-8,14-15H,2-3,9-13H2,1H3,(H2,26,27,28,30);1H. The van der Waals surface area contributed by atoms with Crippen molar-refractivity contribution in [3.8, 4) is 11.1 Å². The van der Waals surface area contributed by atoms with Crippen molar-refractivity contribution in [2.45, 2.75) is 32.6 Å². The Hall–Kier alpha value is -2.15. The zero-order valence-electron chi connectivity index (χ0n) is 17.5. The Labute approximate surface area is 192 Å². The van der Waals surface area contributed by atoms with Gasteiger partial charge in [-0.2, -0.15) is 5.10 Å². The van der Waals surface area contributed by atoms with Crippen molar-refractivity contribution in [3.05, 3.63) is 47.2 Å². The second-order valence-electron chi connectivity index (χ2n) is 7.89. The van der Waals surface area contributed by atoms with Gasteiger partial charge in [-0.05, 0) is 68.7 Å². The molecule has 0 aliphatic carbocycles. The number of H-pyrrole nitrogens is 1. The summed E-state index contributed by atoms with van der Waals surface area (Å²) in [4.78, 5) is 15.3. The first-order valence-electron chi connectivity index (χ1n) is 10.5. The van der Waals surface area contributed by atoms with Gasteiger partial charge in [-0.15, -0.1) is 12.4 Å². The fourth-order valence-corrected chi connectivity index (χ4v) is 4.33. The number of carbonyl (C=O) groups is 1. The molecule has 31 heavy (non-hydrogen) atoms. The first-order valence-corrected chi connectivity index (χ1v) is 10.9. The number of nitrogens with zero attached hydrogens (tertiary/aromatic N) is 2. The number of anilines is 1. The molecule has 2 aromatic carbocycles. The number of rotatable bonds is 6. The minimum atomic E-state index is -0.384. The largest absolute Gasteiger partial charge is 0.308 e. The van der Waals surface area contributed by atoms with Crippen LogP contribution in [0.15, 0.2) is 36.4 Å². The zero-order chi connectivity index (χ0) is 21.1. The van der Waals surface area contributed by atoms with Crippen molar-refractivity contribution < 1.29 is 9.18 Å². The molecule has 1 amide bonds. The molecule has 2 heterocycles. The van der Waals surface area contributed by atoms with Crippen molar-refractivity contribution in [2.75, 3.05) is 25.0 Å². The SMILES string of the molecule is CCCCN1CCC(C(=O)Nc2n[nH]c3ccc(-c4c(F)cccc4Cl)cc23)CC1.Cl. The summed E-state index contributed by atoms with van der Waals surface area (Å²) in [6.45, 7) is 5.21. The van der Waals surface area contributed by atoms with Gasteiger partial charge >= 0.3 is 0 Å². The van der Waals surface area contributed by atoms with Crippen LogP contribution in [0.2, 0.25) is 5.02 Å². The van der Waals surface area contributed by atoms with Crippen molar-refractivity contribution in [2.24, 2.45) is 5.92 Å². The van der Waals surface area contributed by atoms with E-state index in [2.05, 4.69) is 27.3 Å². The summed E-state index contributed by atoms with van der Waals surface area (Å²) in [6.07, 6.45) is 4.10. The molecule has 4 rings (SSSR count). The molecule has 5 nitrogen and oxygen atoms in total. The molecule has 166 valence electrons. The van der Waals surface area contributed by atoms with E-state index < -0.39 is 0 Å². The van der Waals surface area contributed by atoms with Crippen LogP contribution in [-0.2, 0) is 4.79 Å². The highest BCUT2D eigenvalue weighted by Crippen LogP contribution is 2.34. The number of carbonyl (C=O) groups excluding carboxylic acids is 1. The number of halogens is 3. The molecule has 8 heteroatoms. The van der Waals surface area contributed by atoms with E-state index in [0.29, 0.717) is 22.0 Å². The second kappa shape index (κ2) is 10.4. The Morgan fingerprint density at radius 1 is 1.29 bits per heavy atom. The highest BCUT2D eigenvalue weighted by atomic mass is 35.5. The number of piperidine rings is 1. The van der Waals surface area contributed by atoms with Gasteiger partial charge in [-0.3, -0.25) is 9.89 Å². The number of fused-ring (bicyclic) bond motifs is 1.